The van der Waals surface area contributed by atoms with Crippen molar-refractivity contribution >= 4 is 28.6 Å². The monoisotopic (exact) mass is 295 g/mol. The Labute approximate surface area is 127 Å². The van der Waals surface area contributed by atoms with Crippen LogP contribution in [0.3, 0.4) is 0 Å². The number of hydrogen-bond donors (Lipinski definition) is 1. The summed E-state index contributed by atoms with van der Waals surface area (Å²) in [6.07, 6.45) is 2.99. The molecular weight excluding hydrogens is 281 g/mol. The van der Waals surface area contributed by atoms with E-state index in [4.69, 9.17) is 4.42 Å². The smallest absolute Gasteiger partial charge is 0.248 e. The van der Waals surface area contributed by atoms with Crippen LogP contribution >= 0.6 is 0 Å². The number of carbonyl (C=O) groups is 1. The van der Waals surface area contributed by atoms with Crippen LogP contribution in [0.2, 0.25) is 0 Å². The lowest BCUT2D eigenvalue weighted by Gasteiger charge is -2.00. The second-order valence-corrected chi connectivity index (χ2v) is 5.02. The Morgan fingerprint density at radius 2 is 1.91 bits per heavy atom. The fraction of sp³-hybridized carbons (Fsp3) is 0.0556. The molecule has 0 aliphatic carbocycles. The number of furan rings is 1. The topological polar surface area (TPSA) is 42.2 Å². The van der Waals surface area contributed by atoms with Crippen LogP contribution < -0.4 is 5.32 Å². The summed E-state index contributed by atoms with van der Waals surface area (Å²) < 4.78 is 18.4. The van der Waals surface area contributed by atoms with Gasteiger partial charge in [-0.2, -0.15) is 0 Å². The lowest BCUT2D eigenvalue weighted by molar-refractivity contribution is -0.111. The first-order valence-electron chi connectivity index (χ1n) is 6.85. The molecule has 1 N–H and O–H groups in total. The second kappa shape index (κ2) is 5.85. The van der Waals surface area contributed by atoms with E-state index in [1.165, 1.54) is 30.3 Å². The Balaban J connectivity index is 1.71. The van der Waals surface area contributed by atoms with E-state index in [1.54, 1.807) is 6.08 Å². The maximum Gasteiger partial charge on any atom is 0.248 e. The van der Waals surface area contributed by atoms with Crippen molar-refractivity contribution in [3.05, 3.63) is 71.7 Å². The maximum atomic E-state index is 12.8. The molecule has 0 saturated carbocycles. The van der Waals surface area contributed by atoms with Gasteiger partial charge in [0.1, 0.15) is 17.2 Å². The molecule has 1 heterocycles. The molecule has 0 spiro atoms. The molecule has 110 valence electrons. The molecule has 2 aromatic carbocycles. The van der Waals surface area contributed by atoms with E-state index in [0.717, 1.165) is 16.5 Å². The predicted octanol–water partition coefficient (Wildman–Crippen LogP) is 4.53. The van der Waals surface area contributed by atoms with Crippen molar-refractivity contribution in [2.45, 2.75) is 6.92 Å². The van der Waals surface area contributed by atoms with Gasteiger partial charge in [-0.25, -0.2) is 4.39 Å². The lowest BCUT2D eigenvalue weighted by atomic mass is 10.2. The summed E-state index contributed by atoms with van der Waals surface area (Å²) in [6.45, 7) is 2.01. The van der Waals surface area contributed by atoms with Crippen molar-refractivity contribution in [3.63, 3.8) is 0 Å². The third-order valence-corrected chi connectivity index (χ3v) is 3.20. The number of hydrogen-bond acceptors (Lipinski definition) is 2. The van der Waals surface area contributed by atoms with Gasteiger partial charge in [0.15, 0.2) is 0 Å². The van der Waals surface area contributed by atoms with Crippen LogP contribution in [0, 0.1) is 12.7 Å². The van der Waals surface area contributed by atoms with Crippen molar-refractivity contribution in [2.75, 3.05) is 5.32 Å². The van der Waals surface area contributed by atoms with E-state index in [2.05, 4.69) is 5.32 Å². The Morgan fingerprint density at radius 3 is 2.68 bits per heavy atom. The summed E-state index contributed by atoms with van der Waals surface area (Å²) in [5.74, 6) is -0.0378. The molecule has 3 nitrogen and oxygen atoms in total. The van der Waals surface area contributed by atoms with Crippen LogP contribution in [0.1, 0.15) is 11.3 Å². The molecule has 0 aliphatic heterocycles. The molecule has 0 radical (unpaired) electrons. The maximum absolute atomic E-state index is 12.8. The van der Waals surface area contributed by atoms with Crippen LogP contribution in [-0.2, 0) is 4.79 Å². The van der Waals surface area contributed by atoms with Crippen LogP contribution in [-0.4, -0.2) is 5.91 Å². The van der Waals surface area contributed by atoms with Gasteiger partial charge in [0.25, 0.3) is 0 Å². The second-order valence-electron chi connectivity index (χ2n) is 5.02. The van der Waals surface area contributed by atoms with Gasteiger partial charge in [-0.3, -0.25) is 4.79 Å². The number of aryl methyl sites for hydroxylation is 1. The number of nitrogens with one attached hydrogen (secondary N) is 1. The third kappa shape index (κ3) is 3.23. The highest BCUT2D eigenvalue weighted by Gasteiger charge is 2.02. The van der Waals surface area contributed by atoms with Gasteiger partial charge in [0, 0.05) is 17.1 Å². The largest absolute Gasteiger partial charge is 0.457 e. The summed E-state index contributed by atoms with van der Waals surface area (Å²) in [6, 6.07) is 13.4. The van der Waals surface area contributed by atoms with E-state index in [0.29, 0.717) is 11.4 Å². The summed E-state index contributed by atoms with van der Waals surface area (Å²) in [4.78, 5) is 11.8. The molecule has 1 amide bonds. The number of benzene rings is 2. The number of fused-ring (bicyclic) bond motifs is 1. The van der Waals surface area contributed by atoms with Gasteiger partial charge < -0.3 is 9.73 Å². The summed E-state index contributed by atoms with van der Waals surface area (Å²) in [7, 11) is 0. The van der Waals surface area contributed by atoms with Crippen LogP contribution in [0.25, 0.3) is 17.0 Å². The number of rotatable bonds is 3. The van der Waals surface area contributed by atoms with Gasteiger partial charge in [0.2, 0.25) is 5.91 Å². The fourth-order valence-corrected chi connectivity index (χ4v) is 2.14. The van der Waals surface area contributed by atoms with Crippen molar-refractivity contribution in [1.29, 1.82) is 0 Å². The summed E-state index contributed by atoms with van der Waals surface area (Å²) >= 11 is 0. The first-order chi connectivity index (χ1) is 10.6. The molecule has 0 fully saturated rings. The van der Waals surface area contributed by atoms with Gasteiger partial charge in [-0.05, 0) is 55.5 Å². The van der Waals surface area contributed by atoms with Crippen molar-refractivity contribution in [1.82, 2.24) is 0 Å². The SMILES string of the molecule is Cc1ccc2oc(C=CC(=O)Nc3ccc(F)cc3)cc2c1. The number of anilines is 1. The first-order valence-corrected chi connectivity index (χ1v) is 6.85. The quantitative estimate of drug-likeness (QED) is 0.721. The van der Waals surface area contributed by atoms with E-state index in [9.17, 15) is 9.18 Å². The molecule has 22 heavy (non-hydrogen) atoms. The Morgan fingerprint density at radius 1 is 1.14 bits per heavy atom. The zero-order valence-electron chi connectivity index (χ0n) is 12.0. The lowest BCUT2D eigenvalue weighted by Crippen LogP contribution is -2.07. The van der Waals surface area contributed by atoms with Crippen molar-refractivity contribution in [3.8, 4) is 0 Å². The Kier molecular flexibility index (Phi) is 3.74. The zero-order chi connectivity index (χ0) is 15.5. The average molecular weight is 295 g/mol. The molecule has 3 aromatic rings. The van der Waals surface area contributed by atoms with E-state index < -0.39 is 0 Å². The van der Waals surface area contributed by atoms with E-state index in [-0.39, 0.29) is 11.7 Å². The highest BCUT2D eigenvalue weighted by molar-refractivity contribution is 6.02. The highest BCUT2D eigenvalue weighted by Crippen LogP contribution is 2.21. The predicted molar refractivity (Wildman–Crippen MR) is 85.0 cm³/mol. The molecule has 0 unspecified atom stereocenters. The van der Waals surface area contributed by atoms with Gasteiger partial charge in [0.05, 0.1) is 0 Å². The first kappa shape index (κ1) is 14.1. The number of amides is 1. The van der Waals surface area contributed by atoms with Gasteiger partial charge >= 0.3 is 0 Å². The molecule has 4 heteroatoms. The molecule has 3 rings (SSSR count). The normalized spacial score (nSPS) is 11.2. The summed E-state index contributed by atoms with van der Waals surface area (Å²) in [5.41, 5.74) is 2.47. The summed E-state index contributed by atoms with van der Waals surface area (Å²) in [5, 5.41) is 3.65. The molecule has 0 bridgehead atoms. The third-order valence-electron chi connectivity index (χ3n) is 3.20. The fourth-order valence-electron chi connectivity index (χ4n) is 2.14. The standard InChI is InChI=1S/C18H14FNO2/c1-12-2-8-17-13(10-12)11-16(22-17)7-9-18(21)20-15-5-3-14(19)4-6-15/h2-11H,1H3,(H,20,21). The van der Waals surface area contributed by atoms with Gasteiger partial charge in [-0.1, -0.05) is 11.6 Å². The Bertz CT molecular complexity index is 847. The zero-order valence-corrected chi connectivity index (χ0v) is 12.0. The minimum Gasteiger partial charge on any atom is -0.457 e. The minimum atomic E-state index is -0.342. The minimum absolute atomic E-state index is 0.303. The van der Waals surface area contributed by atoms with Crippen molar-refractivity contribution in [2.24, 2.45) is 0 Å². The molecule has 0 saturated heterocycles. The van der Waals surface area contributed by atoms with Crippen molar-refractivity contribution < 1.29 is 13.6 Å². The van der Waals surface area contributed by atoms with E-state index in [1.807, 2.05) is 31.2 Å². The highest BCUT2D eigenvalue weighted by atomic mass is 19.1. The van der Waals surface area contributed by atoms with Gasteiger partial charge in [-0.15, -0.1) is 0 Å². The molecular formula is C18H14FNO2. The molecule has 0 aliphatic rings. The molecule has 0 atom stereocenters. The average Bonchev–Trinajstić information content (AvgIpc) is 2.89. The molecule has 1 aromatic heterocycles. The number of halogens is 1. The number of carbonyl (C=O) groups excluding carboxylic acids is 1. The van der Waals surface area contributed by atoms with Crippen LogP contribution in [0.4, 0.5) is 10.1 Å². The van der Waals surface area contributed by atoms with Crippen LogP contribution in [0.15, 0.2) is 59.0 Å². The van der Waals surface area contributed by atoms with E-state index >= 15 is 0 Å². The van der Waals surface area contributed by atoms with Crippen LogP contribution in [0.5, 0.6) is 0 Å². The Hall–Kier alpha value is -2.88.